The summed E-state index contributed by atoms with van der Waals surface area (Å²) in [4.78, 5) is 38.2. The van der Waals surface area contributed by atoms with Crippen molar-refractivity contribution in [2.75, 3.05) is 31.1 Å². The van der Waals surface area contributed by atoms with Crippen molar-refractivity contribution in [3.05, 3.63) is 29.6 Å². The molecule has 2 aliphatic rings. The molecule has 1 aromatic carbocycles. The highest BCUT2D eigenvalue weighted by Crippen LogP contribution is 2.24. The van der Waals surface area contributed by atoms with E-state index in [1.165, 1.54) is 6.07 Å². The summed E-state index contributed by atoms with van der Waals surface area (Å²) in [5.74, 6) is -1.25. The molecule has 7 heteroatoms. The third-order valence-corrected chi connectivity index (χ3v) is 4.43. The lowest BCUT2D eigenvalue weighted by atomic mass is 10.1. The number of nitrogens with one attached hydrogen (secondary N) is 1. The van der Waals surface area contributed by atoms with Crippen LogP contribution >= 0.6 is 0 Å². The predicted molar refractivity (Wildman–Crippen MR) is 86.1 cm³/mol. The maximum atomic E-state index is 14.2. The predicted octanol–water partition coefficient (Wildman–Crippen LogP) is 1.30. The molecule has 3 rings (SSSR count). The standard InChI is InChI=1S/C17H20FN3O3/c18-13-11-12(3-4-14(13)20-8-1-2-9-20)17(24)19-7-10-21-15(22)5-6-16(21)23/h3-4,11H,1-2,5-10H2,(H,19,24). The number of carbonyl (C=O) groups is 3. The minimum atomic E-state index is -0.416. The highest BCUT2D eigenvalue weighted by molar-refractivity contribution is 6.02. The molecule has 1 N–H and O–H groups in total. The van der Waals surface area contributed by atoms with E-state index in [4.69, 9.17) is 0 Å². The number of benzene rings is 1. The van der Waals surface area contributed by atoms with Gasteiger partial charge < -0.3 is 10.2 Å². The summed E-state index contributed by atoms with van der Waals surface area (Å²) in [7, 11) is 0. The minimum absolute atomic E-state index is 0.151. The second kappa shape index (κ2) is 6.98. The fraction of sp³-hybridized carbons (Fsp3) is 0.471. The molecule has 2 fully saturated rings. The highest BCUT2D eigenvalue weighted by Gasteiger charge is 2.28. The third-order valence-electron chi connectivity index (χ3n) is 4.43. The fourth-order valence-electron chi connectivity index (χ4n) is 3.12. The number of carbonyl (C=O) groups excluding carboxylic acids is 3. The number of hydrogen-bond donors (Lipinski definition) is 1. The zero-order valence-electron chi connectivity index (χ0n) is 13.4. The molecule has 3 amide bonds. The summed E-state index contributed by atoms with van der Waals surface area (Å²) in [6.45, 7) is 1.98. The monoisotopic (exact) mass is 333 g/mol. The van der Waals surface area contributed by atoms with E-state index in [9.17, 15) is 18.8 Å². The van der Waals surface area contributed by atoms with E-state index in [1.807, 2.05) is 4.90 Å². The summed E-state index contributed by atoms with van der Waals surface area (Å²) < 4.78 is 14.2. The number of hydrogen-bond acceptors (Lipinski definition) is 4. The van der Waals surface area contributed by atoms with Crippen molar-refractivity contribution in [1.82, 2.24) is 10.2 Å². The van der Waals surface area contributed by atoms with Crippen LogP contribution in [0.1, 0.15) is 36.0 Å². The maximum Gasteiger partial charge on any atom is 0.251 e. The number of nitrogens with zero attached hydrogens (tertiary/aromatic N) is 2. The van der Waals surface area contributed by atoms with Gasteiger partial charge in [0.1, 0.15) is 5.82 Å². The number of likely N-dealkylation sites (tertiary alicyclic amines) is 1. The second-order valence-corrected chi connectivity index (χ2v) is 6.06. The van der Waals surface area contributed by atoms with Gasteiger partial charge in [0.05, 0.1) is 5.69 Å². The first-order valence-electron chi connectivity index (χ1n) is 8.22. The van der Waals surface area contributed by atoms with Gasteiger partial charge in [-0.25, -0.2) is 4.39 Å². The molecule has 0 bridgehead atoms. The lowest BCUT2D eigenvalue weighted by molar-refractivity contribution is -0.138. The summed E-state index contributed by atoms with van der Waals surface area (Å²) in [5, 5.41) is 2.62. The van der Waals surface area contributed by atoms with Crippen LogP contribution in [0.3, 0.4) is 0 Å². The van der Waals surface area contributed by atoms with Gasteiger partial charge in [0.25, 0.3) is 5.91 Å². The Morgan fingerprint density at radius 3 is 2.42 bits per heavy atom. The van der Waals surface area contributed by atoms with Crippen LogP contribution in [0.25, 0.3) is 0 Å². The van der Waals surface area contributed by atoms with Gasteiger partial charge in [-0.15, -0.1) is 0 Å². The minimum Gasteiger partial charge on any atom is -0.369 e. The maximum absolute atomic E-state index is 14.2. The normalized spacial score (nSPS) is 17.7. The Morgan fingerprint density at radius 2 is 1.79 bits per heavy atom. The van der Waals surface area contributed by atoms with Crippen LogP contribution in [0.15, 0.2) is 18.2 Å². The molecule has 2 saturated heterocycles. The Bertz CT molecular complexity index is 655. The molecule has 0 radical (unpaired) electrons. The topological polar surface area (TPSA) is 69.7 Å². The van der Waals surface area contributed by atoms with Crippen molar-refractivity contribution in [2.45, 2.75) is 25.7 Å². The number of amides is 3. The summed E-state index contributed by atoms with van der Waals surface area (Å²) in [6.07, 6.45) is 2.57. The van der Waals surface area contributed by atoms with E-state index in [0.29, 0.717) is 5.69 Å². The Hall–Kier alpha value is -2.44. The molecular weight excluding hydrogens is 313 g/mol. The van der Waals surface area contributed by atoms with Crippen molar-refractivity contribution < 1.29 is 18.8 Å². The van der Waals surface area contributed by atoms with Crippen molar-refractivity contribution in [1.29, 1.82) is 0 Å². The molecule has 0 atom stereocenters. The molecule has 0 unspecified atom stereocenters. The molecular formula is C17H20FN3O3. The van der Waals surface area contributed by atoms with Gasteiger partial charge in [-0.2, -0.15) is 0 Å². The fourth-order valence-corrected chi connectivity index (χ4v) is 3.12. The highest BCUT2D eigenvalue weighted by atomic mass is 19.1. The molecule has 0 aromatic heterocycles. The van der Waals surface area contributed by atoms with Gasteiger partial charge in [0.2, 0.25) is 11.8 Å². The quantitative estimate of drug-likeness (QED) is 0.825. The van der Waals surface area contributed by atoms with Gasteiger partial charge in [-0.05, 0) is 31.0 Å². The SMILES string of the molecule is O=C(NCCN1C(=O)CCC1=O)c1ccc(N2CCCC2)c(F)c1. The van der Waals surface area contributed by atoms with Crippen molar-refractivity contribution in [3.63, 3.8) is 0 Å². The summed E-state index contributed by atoms with van der Waals surface area (Å²) in [5.41, 5.74) is 0.756. The first kappa shape index (κ1) is 16.4. The van der Waals surface area contributed by atoms with E-state index >= 15 is 0 Å². The molecule has 0 spiro atoms. The molecule has 2 aliphatic heterocycles. The van der Waals surface area contributed by atoms with Crippen molar-refractivity contribution >= 4 is 23.4 Å². The van der Waals surface area contributed by atoms with E-state index in [1.54, 1.807) is 12.1 Å². The van der Waals surface area contributed by atoms with Crippen LogP contribution in [0.4, 0.5) is 10.1 Å². The van der Waals surface area contributed by atoms with Crippen LogP contribution in [0, 0.1) is 5.82 Å². The van der Waals surface area contributed by atoms with Crippen molar-refractivity contribution in [2.24, 2.45) is 0 Å². The van der Waals surface area contributed by atoms with Crippen LogP contribution in [0.5, 0.6) is 0 Å². The van der Waals surface area contributed by atoms with Gasteiger partial charge in [-0.3, -0.25) is 19.3 Å². The molecule has 1 aromatic rings. The first-order valence-corrected chi connectivity index (χ1v) is 8.22. The second-order valence-electron chi connectivity index (χ2n) is 6.06. The zero-order chi connectivity index (χ0) is 17.1. The average molecular weight is 333 g/mol. The number of halogens is 1. The smallest absolute Gasteiger partial charge is 0.251 e. The van der Waals surface area contributed by atoms with Gasteiger partial charge >= 0.3 is 0 Å². The molecule has 6 nitrogen and oxygen atoms in total. The van der Waals surface area contributed by atoms with Crippen molar-refractivity contribution in [3.8, 4) is 0 Å². The number of rotatable bonds is 5. The van der Waals surface area contributed by atoms with E-state index in [2.05, 4.69) is 5.32 Å². The zero-order valence-corrected chi connectivity index (χ0v) is 13.4. The first-order chi connectivity index (χ1) is 11.6. The third kappa shape index (κ3) is 3.39. The molecule has 128 valence electrons. The lowest BCUT2D eigenvalue weighted by Gasteiger charge is -2.19. The van der Waals surface area contributed by atoms with E-state index in [0.717, 1.165) is 30.8 Å². The van der Waals surface area contributed by atoms with Crippen LogP contribution < -0.4 is 10.2 Å². The summed E-state index contributed by atoms with van der Waals surface area (Å²) >= 11 is 0. The molecule has 0 aliphatic carbocycles. The Kier molecular flexibility index (Phi) is 4.78. The van der Waals surface area contributed by atoms with Crippen LogP contribution in [0.2, 0.25) is 0 Å². The number of imide groups is 1. The number of anilines is 1. The Morgan fingerprint density at radius 1 is 1.12 bits per heavy atom. The van der Waals surface area contributed by atoms with Gasteiger partial charge in [0.15, 0.2) is 0 Å². The Balaban J connectivity index is 1.56. The summed E-state index contributed by atoms with van der Waals surface area (Å²) in [6, 6.07) is 4.45. The van der Waals surface area contributed by atoms with Gasteiger partial charge in [0, 0.05) is 44.6 Å². The Labute approximate surface area is 139 Å². The largest absolute Gasteiger partial charge is 0.369 e. The molecule has 2 heterocycles. The van der Waals surface area contributed by atoms with E-state index < -0.39 is 11.7 Å². The lowest BCUT2D eigenvalue weighted by Crippen LogP contribution is -2.37. The average Bonchev–Trinajstić information content (AvgIpc) is 3.19. The van der Waals surface area contributed by atoms with Crippen LogP contribution in [-0.2, 0) is 9.59 Å². The molecule has 24 heavy (non-hydrogen) atoms. The van der Waals surface area contributed by atoms with Gasteiger partial charge in [-0.1, -0.05) is 0 Å². The molecule has 0 saturated carbocycles. The van der Waals surface area contributed by atoms with Crippen LogP contribution in [-0.4, -0.2) is 48.8 Å². The van der Waals surface area contributed by atoms with E-state index in [-0.39, 0.29) is 43.3 Å².